The fraction of sp³-hybridized carbons (Fsp3) is 0. The summed E-state index contributed by atoms with van der Waals surface area (Å²) in [6.45, 7) is 0. The molecule has 0 heterocycles. The summed E-state index contributed by atoms with van der Waals surface area (Å²) in [7, 11) is 0. The van der Waals surface area contributed by atoms with E-state index in [2.05, 4.69) is 31.1 Å². The van der Waals surface area contributed by atoms with Gasteiger partial charge in [0.05, 0.1) is 22.7 Å². The second-order valence-corrected chi connectivity index (χ2v) is 10.9. The second-order valence-electron chi connectivity index (χ2n) is 10.9. The van der Waals surface area contributed by atoms with Crippen molar-refractivity contribution in [3.8, 4) is 0 Å². The maximum absolute atomic E-state index is 13.5. The van der Waals surface area contributed by atoms with Gasteiger partial charge < -0.3 is 10.6 Å². The van der Waals surface area contributed by atoms with Crippen LogP contribution < -0.4 is 10.6 Å². The Morgan fingerprint density at radius 3 is 1.21 bits per heavy atom. The van der Waals surface area contributed by atoms with Gasteiger partial charge in [0.15, 0.2) is 0 Å². The average Bonchev–Trinajstić information content (AvgIpc) is 3.15. The molecule has 8 nitrogen and oxygen atoms in total. The summed E-state index contributed by atoms with van der Waals surface area (Å²) in [4.78, 5) is 26.9. The zero-order valence-corrected chi connectivity index (χ0v) is 25.6. The molecule has 230 valence electrons. The standard InChI is InChI=1S/C40H28N6O2/c47-39(41-35-22-24-37(33-20-9-7-18-31(33)35)45-43-29-14-3-1-4-15-29)27-12-11-13-28(26-27)40(48)42-36-23-25-38(34-21-10-8-19-32(34)36)46-44-30-16-5-2-6-17-30/h1-26H,(H,41,47)(H,42,48). The van der Waals surface area contributed by atoms with Gasteiger partial charge in [-0.05, 0) is 66.7 Å². The van der Waals surface area contributed by atoms with E-state index in [0.29, 0.717) is 33.9 Å². The van der Waals surface area contributed by atoms with Crippen LogP contribution in [-0.2, 0) is 0 Å². The first-order chi connectivity index (χ1) is 23.6. The van der Waals surface area contributed by atoms with Crippen molar-refractivity contribution >= 4 is 67.5 Å². The van der Waals surface area contributed by atoms with E-state index in [1.807, 2.05) is 133 Å². The molecule has 0 saturated heterocycles. The number of hydrogen-bond acceptors (Lipinski definition) is 6. The Morgan fingerprint density at radius 1 is 0.375 bits per heavy atom. The van der Waals surface area contributed by atoms with Crippen LogP contribution >= 0.6 is 0 Å². The van der Waals surface area contributed by atoms with E-state index >= 15 is 0 Å². The molecule has 0 spiro atoms. The highest BCUT2D eigenvalue weighted by Crippen LogP contribution is 2.34. The Bertz CT molecular complexity index is 2170. The number of anilines is 2. The van der Waals surface area contributed by atoms with Gasteiger partial charge in [0.25, 0.3) is 11.8 Å². The van der Waals surface area contributed by atoms with Gasteiger partial charge in [0.2, 0.25) is 0 Å². The summed E-state index contributed by atoms with van der Waals surface area (Å²) >= 11 is 0. The molecule has 0 radical (unpaired) electrons. The summed E-state index contributed by atoms with van der Waals surface area (Å²) < 4.78 is 0. The normalized spacial score (nSPS) is 11.3. The number of carbonyl (C=O) groups is 2. The summed E-state index contributed by atoms with van der Waals surface area (Å²) in [5.41, 5.74) is 4.82. The number of carbonyl (C=O) groups excluding carboxylic acids is 2. The van der Waals surface area contributed by atoms with Gasteiger partial charge in [-0.25, -0.2) is 0 Å². The van der Waals surface area contributed by atoms with E-state index in [1.54, 1.807) is 24.3 Å². The lowest BCUT2D eigenvalue weighted by atomic mass is 10.1. The molecule has 8 heteroatoms. The Labute approximate surface area is 276 Å². The van der Waals surface area contributed by atoms with Gasteiger partial charge in [-0.2, -0.15) is 10.2 Å². The zero-order valence-electron chi connectivity index (χ0n) is 25.6. The van der Waals surface area contributed by atoms with Crippen LogP contribution in [0.1, 0.15) is 20.7 Å². The number of nitrogens with zero attached hydrogens (tertiary/aromatic N) is 4. The van der Waals surface area contributed by atoms with E-state index in [9.17, 15) is 9.59 Å². The van der Waals surface area contributed by atoms with E-state index < -0.39 is 0 Å². The van der Waals surface area contributed by atoms with Crippen molar-refractivity contribution in [1.29, 1.82) is 0 Å². The van der Waals surface area contributed by atoms with Crippen molar-refractivity contribution in [2.75, 3.05) is 10.6 Å². The number of amides is 2. The summed E-state index contributed by atoms with van der Waals surface area (Å²) in [5.74, 6) is -0.681. The molecule has 7 rings (SSSR count). The Hall–Kier alpha value is -6.80. The van der Waals surface area contributed by atoms with Crippen molar-refractivity contribution < 1.29 is 9.59 Å². The molecule has 0 aromatic heterocycles. The molecule has 0 bridgehead atoms. The first-order valence-corrected chi connectivity index (χ1v) is 15.3. The molecule has 2 N–H and O–H groups in total. The molecule has 0 saturated carbocycles. The lowest BCUT2D eigenvalue weighted by Gasteiger charge is -2.12. The fourth-order valence-electron chi connectivity index (χ4n) is 5.36. The fourth-order valence-corrected chi connectivity index (χ4v) is 5.36. The average molecular weight is 625 g/mol. The van der Waals surface area contributed by atoms with Crippen LogP contribution in [0.2, 0.25) is 0 Å². The third-order valence-electron chi connectivity index (χ3n) is 7.74. The van der Waals surface area contributed by atoms with Crippen molar-refractivity contribution in [2.45, 2.75) is 0 Å². The van der Waals surface area contributed by atoms with Crippen molar-refractivity contribution in [3.05, 3.63) is 169 Å². The van der Waals surface area contributed by atoms with Crippen LogP contribution in [0.4, 0.5) is 34.1 Å². The maximum Gasteiger partial charge on any atom is 0.255 e. The van der Waals surface area contributed by atoms with Crippen LogP contribution in [-0.4, -0.2) is 11.8 Å². The predicted molar refractivity (Wildman–Crippen MR) is 191 cm³/mol. The molecular formula is C40H28N6O2. The number of fused-ring (bicyclic) bond motifs is 2. The van der Waals surface area contributed by atoms with Crippen LogP contribution in [0.5, 0.6) is 0 Å². The largest absolute Gasteiger partial charge is 0.321 e. The third-order valence-corrected chi connectivity index (χ3v) is 7.74. The van der Waals surface area contributed by atoms with Gasteiger partial charge in [-0.1, -0.05) is 91.0 Å². The highest BCUT2D eigenvalue weighted by Gasteiger charge is 2.15. The van der Waals surface area contributed by atoms with Crippen LogP contribution in [0.25, 0.3) is 21.5 Å². The van der Waals surface area contributed by atoms with E-state index in [0.717, 1.165) is 32.9 Å². The van der Waals surface area contributed by atoms with Gasteiger partial charge in [0.1, 0.15) is 0 Å². The molecule has 0 aliphatic rings. The molecule has 0 unspecified atom stereocenters. The Balaban J connectivity index is 1.10. The number of hydrogen-bond donors (Lipinski definition) is 2. The molecular weight excluding hydrogens is 596 g/mol. The summed E-state index contributed by atoms with van der Waals surface area (Å²) in [6, 6.07) is 48.3. The lowest BCUT2D eigenvalue weighted by Crippen LogP contribution is -2.16. The Morgan fingerprint density at radius 2 is 0.771 bits per heavy atom. The van der Waals surface area contributed by atoms with Crippen LogP contribution in [0, 0.1) is 0 Å². The smallest absolute Gasteiger partial charge is 0.255 e. The lowest BCUT2D eigenvalue weighted by molar-refractivity contribution is 0.102. The van der Waals surface area contributed by atoms with Crippen LogP contribution in [0.15, 0.2) is 178 Å². The summed E-state index contributed by atoms with van der Waals surface area (Å²) in [5, 5.41) is 27.0. The predicted octanol–water partition coefficient (Wildman–Crippen LogP) is 11.3. The van der Waals surface area contributed by atoms with Gasteiger partial charge >= 0.3 is 0 Å². The molecule has 0 aliphatic heterocycles. The molecule has 0 atom stereocenters. The topological polar surface area (TPSA) is 108 Å². The monoisotopic (exact) mass is 624 g/mol. The van der Waals surface area contributed by atoms with Gasteiger partial charge in [0, 0.05) is 44.0 Å². The number of benzene rings is 7. The highest BCUT2D eigenvalue weighted by molar-refractivity contribution is 6.14. The van der Waals surface area contributed by atoms with Gasteiger partial charge in [-0.15, -0.1) is 10.2 Å². The number of azo groups is 2. The highest BCUT2D eigenvalue weighted by atomic mass is 16.2. The van der Waals surface area contributed by atoms with Crippen molar-refractivity contribution in [1.82, 2.24) is 0 Å². The molecule has 0 fully saturated rings. The van der Waals surface area contributed by atoms with E-state index in [-0.39, 0.29) is 11.8 Å². The molecule has 48 heavy (non-hydrogen) atoms. The first kappa shape index (κ1) is 29.9. The molecule has 2 amide bonds. The minimum atomic E-state index is -0.341. The van der Waals surface area contributed by atoms with Crippen molar-refractivity contribution in [3.63, 3.8) is 0 Å². The minimum Gasteiger partial charge on any atom is -0.321 e. The molecule has 7 aromatic rings. The van der Waals surface area contributed by atoms with Crippen molar-refractivity contribution in [2.24, 2.45) is 20.5 Å². The molecule has 7 aromatic carbocycles. The second kappa shape index (κ2) is 13.7. The quantitative estimate of drug-likeness (QED) is 0.164. The number of nitrogens with one attached hydrogen (secondary N) is 2. The summed E-state index contributed by atoms with van der Waals surface area (Å²) in [6.07, 6.45) is 0. The van der Waals surface area contributed by atoms with Gasteiger partial charge in [-0.3, -0.25) is 9.59 Å². The SMILES string of the molecule is O=C(Nc1ccc(N=Nc2ccccc2)c2ccccc12)c1cccc(C(=O)Nc2ccc(N=Nc3ccccc3)c3ccccc23)c1. The third kappa shape index (κ3) is 6.59. The molecule has 0 aliphatic carbocycles. The van der Waals surface area contributed by atoms with E-state index in [4.69, 9.17) is 0 Å². The minimum absolute atomic E-state index is 0.341. The maximum atomic E-state index is 13.5. The first-order valence-electron chi connectivity index (χ1n) is 15.3. The van der Waals surface area contributed by atoms with E-state index in [1.165, 1.54) is 0 Å². The Kier molecular flexibility index (Phi) is 8.52. The number of rotatable bonds is 8. The van der Waals surface area contributed by atoms with Crippen LogP contribution in [0.3, 0.4) is 0 Å². The zero-order chi connectivity index (χ0) is 32.7.